The SMILES string of the molecule is CC(C)(C)[Si](C)(C)O[C@@H]1C=C[C@H]([NH-])C1. The fraction of sp³-hybridized carbons (Fsp3) is 0.818. The maximum atomic E-state index is 7.57. The predicted molar refractivity (Wildman–Crippen MR) is 63.9 cm³/mol. The summed E-state index contributed by atoms with van der Waals surface area (Å²) in [5.74, 6) is 0. The Morgan fingerprint density at radius 1 is 1.29 bits per heavy atom. The van der Waals surface area contributed by atoms with Crippen molar-refractivity contribution in [1.29, 1.82) is 0 Å². The smallest absolute Gasteiger partial charge is 0.192 e. The van der Waals surface area contributed by atoms with E-state index < -0.39 is 8.32 Å². The molecule has 0 bridgehead atoms. The Labute approximate surface area is 88.7 Å². The molecule has 0 saturated heterocycles. The van der Waals surface area contributed by atoms with Crippen LogP contribution < -0.4 is 0 Å². The Balaban J connectivity index is 2.56. The highest BCUT2D eigenvalue weighted by atomic mass is 28.4. The van der Waals surface area contributed by atoms with Crippen LogP contribution in [0.5, 0.6) is 0 Å². The second kappa shape index (κ2) is 3.80. The molecule has 14 heavy (non-hydrogen) atoms. The van der Waals surface area contributed by atoms with Gasteiger partial charge in [0, 0.05) is 0 Å². The first-order valence-electron chi connectivity index (χ1n) is 5.29. The first-order valence-corrected chi connectivity index (χ1v) is 8.20. The van der Waals surface area contributed by atoms with Crippen molar-refractivity contribution in [2.75, 3.05) is 0 Å². The summed E-state index contributed by atoms with van der Waals surface area (Å²) in [6, 6.07) is -0.0511. The fourth-order valence-corrected chi connectivity index (χ4v) is 2.59. The second-order valence-corrected chi connectivity index (χ2v) is 10.4. The van der Waals surface area contributed by atoms with Crippen molar-refractivity contribution in [3.05, 3.63) is 17.9 Å². The summed E-state index contributed by atoms with van der Waals surface area (Å²) in [6.07, 6.45) is 5.03. The van der Waals surface area contributed by atoms with Gasteiger partial charge in [0.05, 0.1) is 6.10 Å². The Morgan fingerprint density at radius 2 is 1.86 bits per heavy atom. The van der Waals surface area contributed by atoms with Gasteiger partial charge in [0.15, 0.2) is 8.32 Å². The van der Waals surface area contributed by atoms with Gasteiger partial charge in [-0.05, 0) is 24.6 Å². The van der Waals surface area contributed by atoms with E-state index in [0.29, 0.717) is 0 Å². The molecule has 0 saturated carbocycles. The summed E-state index contributed by atoms with van der Waals surface area (Å²) in [5.41, 5.74) is 7.57. The van der Waals surface area contributed by atoms with Crippen molar-refractivity contribution in [3.63, 3.8) is 0 Å². The van der Waals surface area contributed by atoms with E-state index in [1.165, 1.54) is 0 Å². The lowest BCUT2D eigenvalue weighted by Crippen LogP contribution is -2.43. The minimum atomic E-state index is -1.63. The van der Waals surface area contributed by atoms with Crippen LogP contribution in [0.1, 0.15) is 27.2 Å². The van der Waals surface area contributed by atoms with Crippen LogP contribution in [0.25, 0.3) is 5.73 Å². The average Bonchev–Trinajstić information content (AvgIpc) is 2.31. The summed E-state index contributed by atoms with van der Waals surface area (Å²) in [5, 5.41) is 0.265. The zero-order valence-electron chi connectivity index (χ0n) is 9.92. The van der Waals surface area contributed by atoms with Crippen molar-refractivity contribution in [3.8, 4) is 0 Å². The third kappa shape index (κ3) is 2.68. The van der Waals surface area contributed by atoms with E-state index >= 15 is 0 Å². The lowest BCUT2D eigenvalue weighted by molar-refractivity contribution is 0.223. The highest BCUT2D eigenvalue weighted by molar-refractivity contribution is 6.74. The quantitative estimate of drug-likeness (QED) is 0.507. The van der Waals surface area contributed by atoms with E-state index in [0.717, 1.165) is 6.42 Å². The molecule has 82 valence electrons. The van der Waals surface area contributed by atoms with Gasteiger partial charge in [0.1, 0.15) is 0 Å². The molecule has 1 rings (SSSR count). The average molecular weight is 212 g/mol. The monoisotopic (exact) mass is 212 g/mol. The maximum absolute atomic E-state index is 7.57. The lowest BCUT2D eigenvalue weighted by atomic mass is 10.2. The predicted octanol–water partition coefficient (Wildman–Crippen LogP) is 3.76. The van der Waals surface area contributed by atoms with E-state index in [2.05, 4.69) is 39.9 Å². The van der Waals surface area contributed by atoms with Gasteiger partial charge in [-0.15, -0.1) is 12.1 Å². The Morgan fingerprint density at radius 3 is 2.21 bits per heavy atom. The largest absolute Gasteiger partial charge is 0.671 e. The molecule has 1 aliphatic rings. The van der Waals surface area contributed by atoms with E-state index in [-0.39, 0.29) is 17.2 Å². The van der Waals surface area contributed by atoms with Crippen molar-refractivity contribution in [2.45, 2.75) is 57.5 Å². The van der Waals surface area contributed by atoms with Gasteiger partial charge < -0.3 is 10.2 Å². The zero-order chi connectivity index (χ0) is 11.0. The molecule has 0 unspecified atom stereocenters. The molecule has 1 N–H and O–H groups in total. The van der Waals surface area contributed by atoms with Crippen LogP contribution in [-0.4, -0.2) is 20.5 Å². The summed E-state index contributed by atoms with van der Waals surface area (Å²) in [6.45, 7) is 11.3. The molecular formula is C11H22NOSi-. The van der Waals surface area contributed by atoms with Gasteiger partial charge in [0.25, 0.3) is 0 Å². The molecule has 1 aliphatic carbocycles. The van der Waals surface area contributed by atoms with Crippen LogP contribution in [0.3, 0.4) is 0 Å². The summed E-state index contributed by atoms with van der Waals surface area (Å²) >= 11 is 0. The first-order chi connectivity index (χ1) is 6.22. The van der Waals surface area contributed by atoms with Gasteiger partial charge in [-0.2, -0.15) is 0 Å². The topological polar surface area (TPSA) is 33.0 Å². The maximum Gasteiger partial charge on any atom is 0.192 e. The van der Waals surface area contributed by atoms with Crippen molar-refractivity contribution < 1.29 is 4.43 Å². The molecule has 3 heteroatoms. The third-order valence-corrected chi connectivity index (χ3v) is 7.80. The molecule has 2 nitrogen and oxygen atoms in total. The van der Waals surface area contributed by atoms with Crippen LogP contribution >= 0.6 is 0 Å². The molecule has 0 radical (unpaired) electrons. The van der Waals surface area contributed by atoms with E-state index in [4.69, 9.17) is 10.2 Å². The normalized spacial score (nSPS) is 28.4. The first kappa shape index (κ1) is 11.9. The standard InChI is InChI=1S/C11H22NOSi/c1-11(2,3)14(4,5)13-10-7-6-9(12)8-10/h6-7,9-10,12H,8H2,1-5H3/q-1/t9-,10+/m0/s1. The van der Waals surface area contributed by atoms with Crippen LogP contribution in [0.4, 0.5) is 0 Å². The molecule has 0 aromatic carbocycles. The minimum Gasteiger partial charge on any atom is -0.671 e. The molecule has 0 amide bonds. The van der Waals surface area contributed by atoms with Crippen LogP contribution in [0.2, 0.25) is 18.1 Å². The molecule has 0 fully saturated rings. The van der Waals surface area contributed by atoms with Gasteiger partial charge in [-0.25, -0.2) is 0 Å². The summed E-state index contributed by atoms with van der Waals surface area (Å²) < 4.78 is 6.17. The second-order valence-electron chi connectivity index (χ2n) is 5.64. The Hall–Kier alpha value is -0.123. The summed E-state index contributed by atoms with van der Waals surface area (Å²) in [4.78, 5) is 0. The number of hydrogen-bond donors (Lipinski definition) is 0. The molecule has 0 heterocycles. The van der Waals surface area contributed by atoms with Gasteiger partial charge in [-0.1, -0.05) is 26.8 Å². The third-order valence-electron chi connectivity index (χ3n) is 3.30. The molecule has 0 aliphatic heterocycles. The van der Waals surface area contributed by atoms with E-state index in [1.54, 1.807) is 0 Å². The van der Waals surface area contributed by atoms with E-state index in [9.17, 15) is 0 Å². The highest BCUT2D eigenvalue weighted by Crippen LogP contribution is 2.38. The molecule has 0 aromatic heterocycles. The van der Waals surface area contributed by atoms with Crippen LogP contribution in [0, 0.1) is 0 Å². The van der Waals surface area contributed by atoms with E-state index in [1.807, 2.05) is 6.08 Å². The zero-order valence-corrected chi connectivity index (χ0v) is 10.9. The Kier molecular flexibility index (Phi) is 3.24. The van der Waals surface area contributed by atoms with Gasteiger partial charge in [0.2, 0.25) is 0 Å². The van der Waals surface area contributed by atoms with Crippen LogP contribution in [0.15, 0.2) is 12.2 Å². The molecular weight excluding hydrogens is 190 g/mol. The summed E-state index contributed by atoms with van der Waals surface area (Å²) in [7, 11) is -1.63. The molecule has 2 atom stereocenters. The fourth-order valence-electron chi connectivity index (χ4n) is 1.31. The van der Waals surface area contributed by atoms with Gasteiger partial charge in [-0.3, -0.25) is 0 Å². The Bertz CT molecular complexity index is 230. The van der Waals surface area contributed by atoms with Crippen molar-refractivity contribution in [2.24, 2.45) is 0 Å². The lowest BCUT2D eigenvalue weighted by Gasteiger charge is -2.38. The minimum absolute atomic E-state index is 0.0511. The molecule has 0 spiro atoms. The number of rotatable bonds is 2. The highest BCUT2D eigenvalue weighted by Gasteiger charge is 2.39. The van der Waals surface area contributed by atoms with Gasteiger partial charge >= 0.3 is 0 Å². The van der Waals surface area contributed by atoms with Crippen molar-refractivity contribution >= 4 is 8.32 Å². The molecule has 0 aromatic rings. The number of hydrogen-bond acceptors (Lipinski definition) is 1. The number of nitrogens with one attached hydrogen (secondary N) is 1. The van der Waals surface area contributed by atoms with Crippen LogP contribution in [-0.2, 0) is 4.43 Å². The van der Waals surface area contributed by atoms with Crippen molar-refractivity contribution in [1.82, 2.24) is 0 Å².